The first-order chi connectivity index (χ1) is 11.5. The third-order valence-corrected chi connectivity index (χ3v) is 3.79. The molecule has 2 heterocycles. The lowest BCUT2D eigenvalue weighted by molar-refractivity contribution is 0.0937. The number of H-pyrrole nitrogens is 1. The number of nitrogens with one attached hydrogen (secondary N) is 2. The molecule has 0 saturated heterocycles. The van der Waals surface area contributed by atoms with E-state index in [1.54, 1.807) is 18.3 Å². The van der Waals surface area contributed by atoms with Crippen LogP contribution in [0.5, 0.6) is 0 Å². The third-order valence-electron chi connectivity index (χ3n) is 3.79. The van der Waals surface area contributed by atoms with Crippen LogP contribution in [0.3, 0.4) is 0 Å². The quantitative estimate of drug-likeness (QED) is 0.753. The number of carbonyl (C=O) groups excluding carboxylic acids is 1. The molecule has 3 aromatic rings. The van der Waals surface area contributed by atoms with Crippen molar-refractivity contribution in [3.63, 3.8) is 0 Å². The van der Waals surface area contributed by atoms with Crippen LogP contribution in [0, 0.1) is 0 Å². The second-order valence-corrected chi connectivity index (χ2v) is 5.42. The maximum atomic E-state index is 12.7. The number of nitrogens with zero attached hydrogens (tertiary/aromatic N) is 3. The summed E-state index contributed by atoms with van der Waals surface area (Å²) in [5.41, 5.74) is 1.17. The number of halogens is 2. The van der Waals surface area contributed by atoms with Crippen molar-refractivity contribution in [1.82, 2.24) is 24.8 Å². The van der Waals surface area contributed by atoms with Crippen LogP contribution in [0.4, 0.5) is 8.78 Å². The minimum absolute atomic E-state index is 0.276. The van der Waals surface area contributed by atoms with Crippen molar-refractivity contribution in [1.29, 1.82) is 0 Å². The summed E-state index contributed by atoms with van der Waals surface area (Å²) in [6.07, 6.45) is 0.854. The van der Waals surface area contributed by atoms with Crippen molar-refractivity contribution in [2.45, 2.75) is 32.9 Å². The van der Waals surface area contributed by atoms with Crippen LogP contribution in [0.25, 0.3) is 11.0 Å². The fourth-order valence-corrected chi connectivity index (χ4v) is 2.59. The maximum absolute atomic E-state index is 12.7. The number of aryl methyl sites for hydroxylation is 1. The van der Waals surface area contributed by atoms with Crippen molar-refractivity contribution >= 4 is 16.9 Å². The lowest BCUT2D eigenvalue weighted by atomic mass is 10.1. The number of aromatic amines is 1. The molecule has 126 valence electrons. The van der Waals surface area contributed by atoms with Crippen LogP contribution >= 0.6 is 0 Å². The van der Waals surface area contributed by atoms with Crippen molar-refractivity contribution in [2.75, 3.05) is 0 Å². The average molecular weight is 333 g/mol. The van der Waals surface area contributed by atoms with Gasteiger partial charge in [-0.1, -0.05) is 0 Å². The lowest BCUT2D eigenvalue weighted by Crippen LogP contribution is -2.28. The van der Waals surface area contributed by atoms with E-state index >= 15 is 0 Å². The zero-order chi connectivity index (χ0) is 17.3. The van der Waals surface area contributed by atoms with Gasteiger partial charge in [0, 0.05) is 24.5 Å². The Labute approximate surface area is 136 Å². The molecule has 1 atom stereocenters. The van der Waals surface area contributed by atoms with E-state index in [0.717, 1.165) is 12.4 Å². The molecule has 0 spiro atoms. The summed E-state index contributed by atoms with van der Waals surface area (Å²) in [7, 11) is 0. The minimum atomic E-state index is -2.68. The molecule has 0 aliphatic carbocycles. The summed E-state index contributed by atoms with van der Waals surface area (Å²) >= 11 is 0. The summed E-state index contributed by atoms with van der Waals surface area (Å²) in [6, 6.07) is 4.35. The van der Waals surface area contributed by atoms with Crippen LogP contribution < -0.4 is 5.32 Å². The molecule has 0 fully saturated rings. The van der Waals surface area contributed by atoms with Crippen LogP contribution in [-0.4, -0.2) is 25.4 Å². The van der Waals surface area contributed by atoms with Gasteiger partial charge in [-0.05, 0) is 32.0 Å². The zero-order valence-electron chi connectivity index (χ0n) is 13.3. The van der Waals surface area contributed by atoms with E-state index in [2.05, 4.69) is 20.3 Å². The topological polar surface area (TPSA) is 75.6 Å². The molecule has 24 heavy (non-hydrogen) atoms. The molecule has 1 aromatic carbocycles. The van der Waals surface area contributed by atoms with E-state index in [9.17, 15) is 13.6 Å². The number of benzene rings is 1. The summed E-state index contributed by atoms with van der Waals surface area (Å²) in [6.45, 7) is 4.59. The van der Waals surface area contributed by atoms with Crippen molar-refractivity contribution in [3.8, 4) is 0 Å². The molecule has 0 radical (unpaired) electrons. The van der Waals surface area contributed by atoms with E-state index in [1.165, 1.54) is 6.07 Å². The summed E-state index contributed by atoms with van der Waals surface area (Å²) in [5, 5.41) is 2.86. The van der Waals surface area contributed by atoms with Gasteiger partial charge < -0.3 is 14.9 Å². The van der Waals surface area contributed by atoms with Crippen molar-refractivity contribution in [3.05, 3.63) is 47.8 Å². The molecule has 1 unspecified atom stereocenters. The second-order valence-electron chi connectivity index (χ2n) is 5.42. The number of rotatable bonds is 5. The number of fused-ring (bicyclic) bond motifs is 1. The highest BCUT2D eigenvalue weighted by Gasteiger charge is 2.17. The summed E-state index contributed by atoms with van der Waals surface area (Å²) < 4.78 is 27.3. The average Bonchev–Trinajstić information content (AvgIpc) is 3.20. The van der Waals surface area contributed by atoms with Crippen LogP contribution in [-0.2, 0) is 6.54 Å². The highest BCUT2D eigenvalue weighted by atomic mass is 19.3. The van der Waals surface area contributed by atoms with Crippen LogP contribution in [0.2, 0.25) is 0 Å². The normalized spacial score (nSPS) is 12.7. The fourth-order valence-electron chi connectivity index (χ4n) is 2.59. The summed E-state index contributed by atoms with van der Waals surface area (Å²) in [5.74, 6) is 0.0533. The predicted octanol–water partition coefficient (Wildman–Crippen LogP) is 3.21. The van der Waals surface area contributed by atoms with Gasteiger partial charge in [-0.2, -0.15) is 0 Å². The highest BCUT2D eigenvalue weighted by Crippen LogP contribution is 2.21. The van der Waals surface area contributed by atoms with Crippen LogP contribution in [0.1, 0.15) is 48.3 Å². The lowest BCUT2D eigenvalue weighted by Gasteiger charge is -2.15. The third kappa shape index (κ3) is 2.99. The largest absolute Gasteiger partial charge is 0.342 e. The predicted molar refractivity (Wildman–Crippen MR) is 84.8 cm³/mol. The van der Waals surface area contributed by atoms with Gasteiger partial charge in [0.05, 0.1) is 17.1 Å². The fraction of sp³-hybridized carbons (Fsp3) is 0.312. The van der Waals surface area contributed by atoms with Gasteiger partial charge in [0.1, 0.15) is 5.82 Å². The number of hydrogen-bond acceptors (Lipinski definition) is 3. The monoisotopic (exact) mass is 333 g/mol. The maximum Gasteiger partial charge on any atom is 0.295 e. The van der Waals surface area contributed by atoms with Gasteiger partial charge in [-0.25, -0.2) is 18.7 Å². The van der Waals surface area contributed by atoms with E-state index < -0.39 is 12.2 Å². The van der Waals surface area contributed by atoms with E-state index in [4.69, 9.17) is 0 Å². The molecule has 1 amide bonds. The summed E-state index contributed by atoms with van der Waals surface area (Å²) in [4.78, 5) is 23.0. The van der Waals surface area contributed by atoms with E-state index in [-0.39, 0.29) is 11.9 Å². The minimum Gasteiger partial charge on any atom is -0.342 e. The number of imidazole rings is 2. The van der Waals surface area contributed by atoms with Gasteiger partial charge in [0.15, 0.2) is 5.82 Å². The van der Waals surface area contributed by atoms with Gasteiger partial charge in [0.2, 0.25) is 0 Å². The molecular weight excluding hydrogens is 316 g/mol. The van der Waals surface area contributed by atoms with Crippen molar-refractivity contribution < 1.29 is 13.6 Å². The first-order valence-electron chi connectivity index (χ1n) is 7.59. The van der Waals surface area contributed by atoms with Crippen LogP contribution in [0.15, 0.2) is 30.6 Å². The van der Waals surface area contributed by atoms with E-state index in [1.807, 2.05) is 24.6 Å². The molecular formula is C16H17F2N5O. The first-order valence-corrected chi connectivity index (χ1v) is 7.59. The standard InChI is InChI=1S/C16H17F2N5O/c1-3-23-7-6-19-15(23)9(2)20-16(24)10-4-5-11-12(8-10)22-14(21-11)13(17)18/h4-9,13H,3H2,1-2H3,(H,20,24)(H,21,22). The van der Waals surface area contributed by atoms with Gasteiger partial charge in [-0.3, -0.25) is 4.79 Å². The Morgan fingerprint density at radius 1 is 1.42 bits per heavy atom. The first kappa shape index (κ1) is 16.1. The Balaban J connectivity index is 1.80. The Bertz CT molecular complexity index is 870. The van der Waals surface area contributed by atoms with Gasteiger partial charge in [0.25, 0.3) is 12.3 Å². The Hall–Kier alpha value is -2.77. The Kier molecular flexibility index (Phi) is 4.28. The van der Waals surface area contributed by atoms with Gasteiger partial charge >= 0.3 is 0 Å². The SMILES string of the molecule is CCn1ccnc1C(C)NC(=O)c1ccc2nc(C(F)F)[nH]c2c1. The number of alkyl halides is 2. The number of hydrogen-bond donors (Lipinski definition) is 2. The molecule has 0 aliphatic rings. The molecule has 6 nitrogen and oxygen atoms in total. The molecule has 8 heteroatoms. The molecule has 0 saturated carbocycles. The molecule has 0 aliphatic heterocycles. The number of aromatic nitrogens is 4. The Morgan fingerprint density at radius 2 is 2.21 bits per heavy atom. The highest BCUT2D eigenvalue weighted by molar-refractivity contribution is 5.97. The molecule has 2 N–H and O–H groups in total. The smallest absolute Gasteiger partial charge is 0.295 e. The molecule has 3 rings (SSSR count). The molecule has 2 aromatic heterocycles. The number of carbonyl (C=O) groups is 1. The van der Waals surface area contributed by atoms with Gasteiger partial charge in [-0.15, -0.1) is 0 Å². The second kappa shape index (κ2) is 6.38. The zero-order valence-corrected chi connectivity index (χ0v) is 13.3. The van der Waals surface area contributed by atoms with E-state index in [0.29, 0.717) is 16.6 Å². The number of amides is 1. The molecule has 0 bridgehead atoms. The van der Waals surface area contributed by atoms with Crippen molar-refractivity contribution in [2.24, 2.45) is 0 Å². The Morgan fingerprint density at radius 3 is 2.92 bits per heavy atom.